The van der Waals surface area contributed by atoms with E-state index in [9.17, 15) is 21.4 Å². The van der Waals surface area contributed by atoms with Crippen LogP contribution in [0, 0.1) is 0 Å². The fourth-order valence-corrected chi connectivity index (χ4v) is 7.67. The molecule has 1 aliphatic heterocycles. The van der Waals surface area contributed by atoms with Gasteiger partial charge in [0, 0.05) is 78.5 Å². The molecule has 0 radical (unpaired) electrons. The SMILES string of the molecule is CCN(CC)c1ccc2c(-c3ccc(S(=O)(=O)NCCCn4ccnc4)cc3S(=O)(=O)[O-])c3ccc(=[N+](CC)CC)cc-3oc2c1. The minimum Gasteiger partial charge on any atom is -0.744 e. The molecular weight excluding hydrogens is 627 g/mol. The number of hydrogen-bond donors (Lipinski definition) is 1. The summed E-state index contributed by atoms with van der Waals surface area (Å²) in [6.45, 7) is 12.0. The second kappa shape index (κ2) is 13.8. The Kier molecular flexibility index (Phi) is 9.96. The summed E-state index contributed by atoms with van der Waals surface area (Å²) >= 11 is 0. The summed E-state index contributed by atoms with van der Waals surface area (Å²) in [5.41, 5.74) is 2.61. The lowest BCUT2D eigenvalue weighted by Crippen LogP contribution is -2.29. The molecule has 11 nitrogen and oxygen atoms in total. The van der Waals surface area contributed by atoms with Gasteiger partial charge < -0.3 is 18.4 Å². The number of nitrogens with one attached hydrogen (secondary N) is 1. The van der Waals surface area contributed by atoms with Gasteiger partial charge in [0.15, 0.2) is 0 Å². The summed E-state index contributed by atoms with van der Waals surface area (Å²) in [6, 6.07) is 15.1. The standard InChI is InChI=1S/C33H39N5O6S2/c1-5-37(6-2)24-10-13-27-30(20-24)44-31-21-25(38(7-3)8-4)11-14-28(31)33(27)29-15-12-26(22-32(29)46(41,42)43)45(39,40)35-16-9-18-36-19-17-34-23-36/h10-15,17,19-23,35H,5-9,16,18H2,1-4H3. The van der Waals surface area contributed by atoms with E-state index in [0.717, 1.165) is 43.3 Å². The lowest BCUT2D eigenvalue weighted by Gasteiger charge is -2.23. The molecule has 46 heavy (non-hydrogen) atoms. The molecule has 2 heterocycles. The normalized spacial score (nSPS) is 12.2. The summed E-state index contributed by atoms with van der Waals surface area (Å²) < 4.78 is 77.8. The Balaban J connectivity index is 1.69. The highest BCUT2D eigenvalue weighted by atomic mass is 32.2. The summed E-state index contributed by atoms with van der Waals surface area (Å²) in [5, 5.41) is 1.53. The number of benzene rings is 3. The first-order valence-electron chi connectivity index (χ1n) is 15.4. The highest BCUT2D eigenvalue weighted by Crippen LogP contribution is 2.43. The van der Waals surface area contributed by atoms with Crippen molar-refractivity contribution in [3.63, 3.8) is 0 Å². The van der Waals surface area contributed by atoms with Gasteiger partial charge >= 0.3 is 0 Å². The molecule has 1 N–H and O–H groups in total. The lowest BCUT2D eigenvalue weighted by atomic mass is 9.93. The van der Waals surface area contributed by atoms with E-state index in [0.29, 0.717) is 40.8 Å². The Morgan fingerprint density at radius 2 is 1.67 bits per heavy atom. The Morgan fingerprint density at radius 3 is 2.33 bits per heavy atom. The molecule has 0 saturated heterocycles. The van der Waals surface area contributed by atoms with Crippen molar-refractivity contribution >= 4 is 36.8 Å². The van der Waals surface area contributed by atoms with Crippen molar-refractivity contribution in [2.75, 3.05) is 37.6 Å². The van der Waals surface area contributed by atoms with Gasteiger partial charge in [-0.2, -0.15) is 0 Å². The van der Waals surface area contributed by atoms with E-state index in [1.165, 1.54) is 12.1 Å². The maximum atomic E-state index is 13.2. The van der Waals surface area contributed by atoms with Gasteiger partial charge in [0.05, 0.1) is 22.2 Å². The number of fused-ring (bicyclic) bond motifs is 2. The maximum Gasteiger partial charge on any atom is 0.240 e. The van der Waals surface area contributed by atoms with E-state index < -0.39 is 25.0 Å². The van der Waals surface area contributed by atoms with Crippen LogP contribution in [0.1, 0.15) is 34.1 Å². The number of aromatic nitrogens is 2. The van der Waals surface area contributed by atoms with Gasteiger partial charge in [0.2, 0.25) is 15.4 Å². The van der Waals surface area contributed by atoms with Gasteiger partial charge in [-0.15, -0.1) is 0 Å². The van der Waals surface area contributed by atoms with Crippen molar-refractivity contribution in [1.29, 1.82) is 0 Å². The van der Waals surface area contributed by atoms with Crippen LogP contribution in [0.25, 0.3) is 33.4 Å². The second-order valence-corrected chi connectivity index (χ2v) is 14.0. The van der Waals surface area contributed by atoms with Gasteiger partial charge in [0.1, 0.15) is 34.6 Å². The monoisotopic (exact) mass is 665 g/mol. The summed E-state index contributed by atoms with van der Waals surface area (Å²) in [6.07, 6.45) is 5.53. The van der Waals surface area contributed by atoms with E-state index in [1.807, 2.05) is 41.0 Å². The molecule has 1 aliphatic carbocycles. The molecule has 13 heteroatoms. The Morgan fingerprint density at radius 1 is 0.935 bits per heavy atom. The van der Waals surface area contributed by atoms with E-state index in [2.05, 4.69) is 46.9 Å². The average molecular weight is 666 g/mol. The van der Waals surface area contributed by atoms with Crippen LogP contribution < -0.4 is 19.6 Å². The Hall–Kier alpha value is -4.04. The number of sulfonamides is 1. The van der Waals surface area contributed by atoms with Crippen LogP contribution in [-0.2, 0) is 26.7 Å². The van der Waals surface area contributed by atoms with E-state index in [4.69, 9.17) is 4.42 Å². The molecular formula is C33H39N5O6S2. The van der Waals surface area contributed by atoms with Gasteiger partial charge in [-0.3, -0.25) is 0 Å². The molecule has 0 fully saturated rings. The molecule has 0 saturated carbocycles. The fraction of sp³-hybridized carbons (Fsp3) is 0.333. The highest BCUT2D eigenvalue weighted by molar-refractivity contribution is 7.89. The van der Waals surface area contributed by atoms with E-state index >= 15 is 0 Å². The van der Waals surface area contributed by atoms with Crippen LogP contribution in [0.4, 0.5) is 5.69 Å². The number of imidazole rings is 1. The predicted molar refractivity (Wildman–Crippen MR) is 178 cm³/mol. The van der Waals surface area contributed by atoms with Crippen molar-refractivity contribution < 1.29 is 25.8 Å². The quantitative estimate of drug-likeness (QED) is 0.0849. The zero-order valence-electron chi connectivity index (χ0n) is 26.4. The third-order valence-electron chi connectivity index (χ3n) is 8.19. The van der Waals surface area contributed by atoms with Crippen molar-refractivity contribution in [3.05, 3.63) is 78.7 Å². The second-order valence-electron chi connectivity index (χ2n) is 10.8. The molecule has 0 spiro atoms. The highest BCUT2D eigenvalue weighted by Gasteiger charge is 2.25. The lowest BCUT2D eigenvalue weighted by molar-refractivity contribution is 0.463. The van der Waals surface area contributed by atoms with Crippen molar-refractivity contribution in [3.8, 4) is 22.5 Å². The minimum absolute atomic E-state index is 0.103. The first-order chi connectivity index (χ1) is 22.0. The summed E-state index contributed by atoms with van der Waals surface area (Å²) in [7, 11) is -9.23. The van der Waals surface area contributed by atoms with Gasteiger partial charge in [-0.25, -0.2) is 31.1 Å². The van der Waals surface area contributed by atoms with Crippen LogP contribution >= 0.6 is 0 Å². The summed E-state index contributed by atoms with van der Waals surface area (Å²) in [5.74, 6) is 0.508. The molecule has 5 rings (SSSR count). The molecule has 2 aliphatic rings. The first kappa shape index (κ1) is 33.3. The maximum absolute atomic E-state index is 13.2. The Labute approximate surface area is 270 Å². The number of anilines is 1. The van der Waals surface area contributed by atoms with Crippen LogP contribution in [0.2, 0.25) is 0 Å². The van der Waals surface area contributed by atoms with Crippen molar-refractivity contribution in [2.45, 2.75) is 50.5 Å². The average Bonchev–Trinajstić information content (AvgIpc) is 3.56. The first-order valence-corrected chi connectivity index (χ1v) is 18.3. The van der Waals surface area contributed by atoms with Crippen molar-refractivity contribution in [1.82, 2.24) is 18.8 Å². The number of aryl methyl sites for hydroxylation is 1. The number of nitrogens with zero attached hydrogens (tertiary/aromatic N) is 4. The number of rotatable bonds is 13. The molecule has 0 bridgehead atoms. The molecule has 0 atom stereocenters. The van der Waals surface area contributed by atoms with Gasteiger partial charge in [0.25, 0.3) is 0 Å². The molecule has 2 aromatic carbocycles. The topological polar surface area (TPSA) is 141 Å². The third kappa shape index (κ3) is 6.87. The van der Waals surface area contributed by atoms with Gasteiger partial charge in [-0.1, -0.05) is 6.07 Å². The third-order valence-corrected chi connectivity index (χ3v) is 10.5. The molecule has 0 unspecified atom stereocenters. The molecule has 0 amide bonds. The van der Waals surface area contributed by atoms with E-state index in [-0.39, 0.29) is 17.0 Å². The zero-order chi connectivity index (χ0) is 33.1. The molecule has 244 valence electrons. The van der Waals surface area contributed by atoms with Crippen LogP contribution in [0.15, 0.2) is 87.5 Å². The zero-order valence-corrected chi connectivity index (χ0v) is 28.1. The molecule has 3 aromatic rings. The smallest absolute Gasteiger partial charge is 0.240 e. The summed E-state index contributed by atoms with van der Waals surface area (Å²) in [4.78, 5) is 5.20. The largest absolute Gasteiger partial charge is 0.744 e. The van der Waals surface area contributed by atoms with Crippen molar-refractivity contribution in [2.24, 2.45) is 0 Å². The number of hydrogen-bond acceptors (Lipinski definition) is 8. The minimum atomic E-state index is -5.12. The van der Waals surface area contributed by atoms with Gasteiger partial charge in [-0.05, 0) is 64.4 Å². The van der Waals surface area contributed by atoms with Crippen LogP contribution in [0.5, 0.6) is 0 Å². The van der Waals surface area contributed by atoms with E-state index in [1.54, 1.807) is 18.7 Å². The van der Waals surface area contributed by atoms with Crippen LogP contribution in [0.3, 0.4) is 0 Å². The van der Waals surface area contributed by atoms with Crippen LogP contribution in [-0.4, -0.2) is 63.7 Å². The Bertz CT molecular complexity index is 2100. The fourth-order valence-electron chi connectivity index (χ4n) is 5.78. The predicted octanol–water partition coefficient (Wildman–Crippen LogP) is 4.33. The molecule has 1 aromatic heterocycles.